The molecule has 4 nitrogen and oxygen atoms in total. The van der Waals surface area contributed by atoms with E-state index in [1.807, 2.05) is 24.5 Å². The molecule has 0 spiro atoms. The Morgan fingerprint density at radius 1 is 1.35 bits per heavy atom. The lowest BCUT2D eigenvalue weighted by Gasteiger charge is -2.17. The van der Waals surface area contributed by atoms with Gasteiger partial charge in [-0.2, -0.15) is 11.3 Å². The van der Waals surface area contributed by atoms with Crippen LogP contribution in [0.15, 0.2) is 41.4 Å². The van der Waals surface area contributed by atoms with Crippen LogP contribution in [0.4, 0.5) is 5.13 Å². The van der Waals surface area contributed by atoms with Gasteiger partial charge in [-0.1, -0.05) is 0 Å². The number of carbonyl (C=O) groups excluding carboxylic acids is 1. The summed E-state index contributed by atoms with van der Waals surface area (Å²) < 4.78 is 2.09. The van der Waals surface area contributed by atoms with Gasteiger partial charge in [0.25, 0.3) is 0 Å². The summed E-state index contributed by atoms with van der Waals surface area (Å²) in [4.78, 5) is 18.4. The van der Waals surface area contributed by atoms with E-state index in [0.29, 0.717) is 6.42 Å². The highest BCUT2D eigenvalue weighted by Gasteiger charge is 2.21. The summed E-state index contributed by atoms with van der Waals surface area (Å²) in [6.45, 7) is 0. The highest BCUT2D eigenvalue weighted by atomic mass is 32.1. The molecule has 6 heteroatoms. The average molecular weight is 343 g/mol. The molecule has 0 unspecified atom stereocenters. The predicted molar refractivity (Wildman–Crippen MR) is 94.3 cm³/mol. The monoisotopic (exact) mass is 343 g/mol. The van der Waals surface area contributed by atoms with Crippen molar-refractivity contribution in [1.29, 1.82) is 0 Å². The second-order valence-corrected chi connectivity index (χ2v) is 7.56. The van der Waals surface area contributed by atoms with Gasteiger partial charge in [0.05, 0.1) is 18.2 Å². The summed E-state index contributed by atoms with van der Waals surface area (Å²) in [6.07, 6.45) is 7.76. The molecule has 0 saturated carbocycles. The molecule has 0 saturated heterocycles. The molecule has 3 aromatic rings. The first kappa shape index (κ1) is 14.7. The van der Waals surface area contributed by atoms with E-state index in [-0.39, 0.29) is 11.9 Å². The van der Waals surface area contributed by atoms with Crippen LogP contribution in [-0.4, -0.2) is 15.5 Å². The Morgan fingerprint density at radius 3 is 2.96 bits per heavy atom. The van der Waals surface area contributed by atoms with Crippen LogP contribution in [0.2, 0.25) is 0 Å². The Hall–Kier alpha value is -1.92. The molecule has 118 valence electrons. The van der Waals surface area contributed by atoms with Crippen LogP contribution >= 0.6 is 22.7 Å². The van der Waals surface area contributed by atoms with E-state index < -0.39 is 0 Å². The minimum atomic E-state index is 0.0160. The first-order chi connectivity index (χ1) is 11.3. The lowest BCUT2D eigenvalue weighted by atomic mass is 10.1. The Labute approximate surface area is 142 Å². The van der Waals surface area contributed by atoms with Gasteiger partial charge in [0.15, 0.2) is 5.13 Å². The SMILES string of the molecule is O=C(C[C@H](c1ccsc1)n1cccc1)Nc1nc2c(s1)CCC2. The van der Waals surface area contributed by atoms with E-state index in [4.69, 9.17) is 0 Å². The van der Waals surface area contributed by atoms with E-state index >= 15 is 0 Å². The van der Waals surface area contributed by atoms with E-state index in [9.17, 15) is 4.79 Å². The van der Waals surface area contributed by atoms with Gasteiger partial charge in [-0.3, -0.25) is 4.79 Å². The number of thiazole rings is 1. The maximum Gasteiger partial charge on any atom is 0.228 e. The van der Waals surface area contributed by atoms with Gasteiger partial charge >= 0.3 is 0 Å². The fourth-order valence-corrected chi connectivity index (χ4v) is 4.78. The van der Waals surface area contributed by atoms with Gasteiger partial charge in [0.1, 0.15) is 0 Å². The number of anilines is 1. The van der Waals surface area contributed by atoms with Gasteiger partial charge in [0, 0.05) is 17.3 Å². The largest absolute Gasteiger partial charge is 0.346 e. The summed E-state index contributed by atoms with van der Waals surface area (Å²) in [5, 5.41) is 7.89. The smallest absolute Gasteiger partial charge is 0.228 e. The molecular formula is C17H17N3OS2. The Morgan fingerprint density at radius 2 is 2.22 bits per heavy atom. The molecule has 3 heterocycles. The van der Waals surface area contributed by atoms with Crippen LogP contribution in [0.5, 0.6) is 0 Å². The summed E-state index contributed by atoms with van der Waals surface area (Å²) in [5.41, 5.74) is 2.34. The molecule has 1 amide bonds. The number of aromatic nitrogens is 2. The minimum absolute atomic E-state index is 0.0160. The van der Waals surface area contributed by atoms with Crippen LogP contribution in [-0.2, 0) is 17.6 Å². The average Bonchev–Trinajstić information content (AvgIpc) is 3.28. The van der Waals surface area contributed by atoms with E-state index in [1.165, 1.54) is 22.6 Å². The van der Waals surface area contributed by atoms with Gasteiger partial charge in [-0.15, -0.1) is 11.3 Å². The van der Waals surface area contributed by atoms with Crippen molar-refractivity contribution in [3.63, 3.8) is 0 Å². The van der Waals surface area contributed by atoms with Gasteiger partial charge in [-0.25, -0.2) is 4.98 Å². The fourth-order valence-electron chi connectivity index (χ4n) is 3.01. The van der Waals surface area contributed by atoms with Crippen molar-refractivity contribution in [1.82, 2.24) is 9.55 Å². The molecule has 23 heavy (non-hydrogen) atoms. The lowest BCUT2D eigenvalue weighted by molar-refractivity contribution is -0.116. The van der Waals surface area contributed by atoms with Crippen LogP contribution in [0, 0.1) is 0 Å². The lowest BCUT2D eigenvalue weighted by Crippen LogP contribution is -2.19. The number of rotatable bonds is 5. The predicted octanol–water partition coefficient (Wildman–Crippen LogP) is 4.11. The standard InChI is InChI=1S/C17H17N3OS2/c21-16(19-17-18-13-4-3-5-15(13)23-17)10-14(12-6-9-22-11-12)20-7-1-2-8-20/h1-2,6-9,11,14H,3-5,10H2,(H,18,19,21)/t14-/m1/s1. The third-order valence-corrected chi connectivity index (χ3v) is 5.91. The van der Waals surface area contributed by atoms with E-state index in [1.54, 1.807) is 22.7 Å². The normalized spacial score (nSPS) is 14.6. The zero-order valence-electron chi connectivity index (χ0n) is 12.6. The van der Waals surface area contributed by atoms with Crippen molar-refractivity contribution in [2.45, 2.75) is 31.7 Å². The molecule has 1 aliphatic carbocycles. The number of amides is 1. The number of nitrogens with zero attached hydrogens (tertiary/aromatic N) is 2. The maximum atomic E-state index is 12.5. The van der Waals surface area contributed by atoms with Crippen molar-refractivity contribution in [2.75, 3.05) is 5.32 Å². The third kappa shape index (κ3) is 3.09. The van der Waals surface area contributed by atoms with Crippen LogP contribution < -0.4 is 5.32 Å². The molecule has 0 aromatic carbocycles. The first-order valence-electron chi connectivity index (χ1n) is 7.72. The zero-order chi connectivity index (χ0) is 15.6. The number of hydrogen-bond donors (Lipinski definition) is 1. The molecule has 3 aromatic heterocycles. The highest BCUT2D eigenvalue weighted by Crippen LogP contribution is 2.31. The van der Waals surface area contributed by atoms with Gasteiger partial charge in [0.2, 0.25) is 5.91 Å². The summed E-state index contributed by atoms with van der Waals surface area (Å²) in [7, 11) is 0. The molecule has 0 radical (unpaired) electrons. The molecule has 0 fully saturated rings. The molecule has 0 aliphatic heterocycles. The number of hydrogen-bond acceptors (Lipinski definition) is 4. The molecule has 1 aliphatic rings. The number of fused-ring (bicyclic) bond motifs is 1. The zero-order valence-corrected chi connectivity index (χ0v) is 14.2. The molecule has 1 N–H and O–H groups in total. The quantitative estimate of drug-likeness (QED) is 0.758. The van der Waals surface area contributed by atoms with Crippen molar-refractivity contribution in [3.8, 4) is 0 Å². The summed E-state index contributed by atoms with van der Waals surface area (Å²) in [5.74, 6) is 0.0160. The number of thiophene rings is 1. The Balaban J connectivity index is 1.49. The molecule has 0 bridgehead atoms. The Bertz CT molecular complexity index is 734. The molecule has 4 rings (SSSR count). The second kappa shape index (κ2) is 6.29. The second-order valence-electron chi connectivity index (χ2n) is 5.70. The third-order valence-electron chi connectivity index (χ3n) is 4.14. The number of carbonyl (C=O) groups is 1. The van der Waals surface area contributed by atoms with E-state index in [0.717, 1.165) is 18.0 Å². The van der Waals surface area contributed by atoms with Crippen LogP contribution in [0.1, 0.15) is 35.0 Å². The number of nitrogens with one attached hydrogen (secondary N) is 1. The fraction of sp³-hybridized carbons (Fsp3) is 0.294. The van der Waals surface area contributed by atoms with Gasteiger partial charge < -0.3 is 9.88 Å². The first-order valence-corrected chi connectivity index (χ1v) is 9.48. The van der Waals surface area contributed by atoms with Crippen molar-refractivity contribution in [2.24, 2.45) is 0 Å². The Kier molecular flexibility index (Phi) is 4.01. The van der Waals surface area contributed by atoms with Crippen molar-refractivity contribution < 1.29 is 4.79 Å². The van der Waals surface area contributed by atoms with Gasteiger partial charge in [-0.05, 0) is 53.8 Å². The summed E-state index contributed by atoms with van der Waals surface area (Å²) in [6, 6.07) is 6.09. The van der Waals surface area contributed by atoms with Crippen molar-refractivity contribution in [3.05, 3.63) is 57.5 Å². The molecular weight excluding hydrogens is 326 g/mol. The van der Waals surface area contributed by atoms with Crippen molar-refractivity contribution >= 4 is 33.7 Å². The highest BCUT2D eigenvalue weighted by molar-refractivity contribution is 7.15. The topological polar surface area (TPSA) is 46.9 Å². The maximum absolute atomic E-state index is 12.5. The minimum Gasteiger partial charge on any atom is -0.346 e. The molecule has 1 atom stereocenters. The van der Waals surface area contributed by atoms with Crippen LogP contribution in [0.3, 0.4) is 0 Å². The van der Waals surface area contributed by atoms with E-state index in [2.05, 4.69) is 31.7 Å². The summed E-state index contributed by atoms with van der Waals surface area (Å²) >= 11 is 3.28. The van der Waals surface area contributed by atoms with Crippen LogP contribution in [0.25, 0.3) is 0 Å². The number of aryl methyl sites for hydroxylation is 2.